The van der Waals surface area contributed by atoms with E-state index >= 15 is 8.78 Å². The number of rotatable bonds is 11. The van der Waals surface area contributed by atoms with E-state index in [0.29, 0.717) is 53.2 Å². The van der Waals surface area contributed by atoms with Crippen molar-refractivity contribution >= 4 is 55.9 Å². The van der Waals surface area contributed by atoms with Gasteiger partial charge in [-0.1, -0.05) is 18.7 Å². The number of H-pyrrole nitrogens is 1. The molecular weight excluding hydrogens is 920 g/mol. The minimum absolute atomic E-state index is 0.00914. The summed E-state index contributed by atoms with van der Waals surface area (Å²) in [5.41, 5.74) is 5.29. The number of hydrogen-bond donors (Lipinski definition) is 3. The molecule has 1 spiro atoms. The van der Waals surface area contributed by atoms with Crippen LogP contribution in [0.1, 0.15) is 83.2 Å². The molecule has 0 aliphatic carbocycles. The average Bonchev–Trinajstić information content (AvgIpc) is 4.17. The van der Waals surface area contributed by atoms with Gasteiger partial charge in [-0.2, -0.15) is 12.7 Å². The van der Waals surface area contributed by atoms with E-state index in [2.05, 4.69) is 65.6 Å². The summed E-state index contributed by atoms with van der Waals surface area (Å²) in [6.45, 7) is 11.1. The molecule has 366 valence electrons. The van der Waals surface area contributed by atoms with Crippen molar-refractivity contribution in [1.82, 2.24) is 29.4 Å². The summed E-state index contributed by atoms with van der Waals surface area (Å²) in [5.74, 6) is -3.09. The number of anilines is 3. The van der Waals surface area contributed by atoms with E-state index in [1.807, 2.05) is 18.2 Å². The van der Waals surface area contributed by atoms with Crippen molar-refractivity contribution in [1.29, 1.82) is 0 Å². The van der Waals surface area contributed by atoms with Crippen molar-refractivity contribution in [2.45, 2.75) is 70.1 Å². The number of benzene rings is 3. The van der Waals surface area contributed by atoms with Gasteiger partial charge in [0.15, 0.2) is 5.82 Å². The quantitative estimate of drug-likeness (QED) is 0.115. The fraction of sp³-hybridized carbons (Fsp3) is 0.423. The van der Waals surface area contributed by atoms with Crippen molar-refractivity contribution in [3.05, 3.63) is 119 Å². The van der Waals surface area contributed by atoms with Crippen LogP contribution in [0.4, 0.5) is 30.2 Å². The molecule has 5 fully saturated rings. The molecule has 2 atom stereocenters. The van der Waals surface area contributed by atoms with Crippen LogP contribution in [0.5, 0.6) is 0 Å². The zero-order valence-corrected chi connectivity index (χ0v) is 39.7. The summed E-state index contributed by atoms with van der Waals surface area (Å²) in [5, 5.41) is 3.17. The Hall–Kier alpha value is -6.24. The Morgan fingerprint density at radius 1 is 0.871 bits per heavy atom. The lowest BCUT2D eigenvalue weighted by Crippen LogP contribution is -2.49. The van der Waals surface area contributed by atoms with E-state index in [0.717, 1.165) is 104 Å². The number of nitrogens with one attached hydrogen (secondary N) is 3. The maximum absolute atomic E-state index is 15.8. The van der Waals surface area contributed by atoms with Crippen LogP contribution in [-0.2, 0) is 21.5 Å². The number of pyridine rings is 1. The standard InChI is InChI=1S/C52H56F3N9O5S/c1-32-2-11-45(50(66)58-32)64-29-36-24-39(7-8-40(36)51(64)67)61-18-12-33(13-19-61)28-60-21-15-52(16-22-60)17-23-62(31-52)38-5-3-34(4-6-38)35-25-41-42(27-57-49(41)56-26-35)48(65)46-43(54)9-10-44(47(46)55)59-70(68,69)63-20-14-37(53)30-63/h3-10,24-27,33,37,45,59H,1-2,11-23,28-31H2,(H,56,57)(H,58,66)/t37-,45?/m1/s1. The highest BCUT2D eigenvalue weighted by Gasteiger charge is 2.42. The fourth-order valence-electron chi connectivity index (χ4n) is 11.6. The van der Waals surface area contributed by atoms with E-state index in [9.17, 15) is 27.2 Å². The smallest absolute Gasteiger partial charge is 0.301 e. The van der Waals surface area contributed by atoms with Gasteiger partial charge in [0.05, 0.1) is 11.3 Å². The number of alkyl halides is 1. The zero-order chi connectivity index (χ0) is 48.5. The number of likely N-dealkylation sites (tertiary alicyclic amines) is 1. The number of halogens is 3. The minimum atomic E-state index is -4.35. The number of aromatic nitrogens is 2. The highest BCUT2D eigenvalue weighted by Crippen LogP contribution is 2.43. The second kappa shape index (κ2) is 18.2. The second-order valence-electron chi connectivity index (χ2n) is 20.2. The van der Waals surface area contributed by atoms with Gasteiger partial charge in [-0.25, -0.2) is 18.2 Å². The number of nitrogens with zero attached hydrogens (tertiary/aromatic N) is 6. The van der Waals surface area contributed by atoms with Crippen LogP contribution < -0.4 is 19.8 Å². The number of ketones is 1. The van der Waals surface area contributed by atoms with Gasteiger partial charge in [0.1, 0.15) is 23.7 Å². The molecule has 3 aromatic carbocycles. The molecule has 70 heavy (non-hydrogen) atoms. The van der Waals surface area contributed by atoms with Crippen molar-refractivity contribution < 1.29 is 36.0 Å². The van der Waals surface area contributed by atoms with Crippen molar-refractivity contribution in [3.63, 3.8) is 0 Å². The molecule has 5 aromatic rings. The maximum atomic E-state index is 15.8. The predicted octanol–water partition coefficient (Wildman–Crippen LogP) is 7.40. The van der Waals surface area contributed by atoms with Crippen molar-refractivity contribution in [3.8, 4) is 11.1 Å². The first-order valence-corrected chi connectivity index (χ1v) is 25.8. The van der Waals surface area contributed by atoms with Gasteiger partial charge < -0.3 is 29.9 Å². The Morgan fingerprint density at radius 2 is 1.63 bits per heavy atom. The van der Waals surface area contributed by atoms with Gasteiger partial charge in [-0.05, 0) is 135 Å². The van der Waals surface area contributed by atoms with Gasteiger partial charge in [0.2, 0.25) is 11.7 Å². The summed E-state index contributed by atoms with van der Waals surface area (Å²) in [7, 11) is -4.35. The summed E-state index contributed by atoms with van der Waals surface area (Å²) < 4.78 is 73.3. The Morgan fingerprint density at radius 3 is 2.37 bits per heavy atom. The lowest BCUT2D eigenvalue weighted by Gasteiger charge is -2.42. The summed E-state index contributed by atoms with van der Waals surface area (Å²) in [4.78, 5) is 56.4. The number of aromatic amines is 1. The molecule has 6 aliphatic heterocycles. The number of allylic oxidation sites excluding steroid dienone is 1. The molecule has 14 nitrogen and oxygen atoms in total. The van der Waals surface area contributed by atoms with Crippen LogP contribution in [0.2, 0.25) is 0 Å². The molecule has 5 saturated heterocycles. The van der Waals surface area contributed by atoms with Crippen LogP contribution in [0.3, 0.4) is 0 Å². The highest BCUT2D eigenvalue weighted by molar-refractivity contribution is 7.90. The molecule has 3 N–H and O–H groups in total. The van der Waals surface area contributed by atoms with Gasteiger partial charge >= 0.3 is 10.2 Å². The fourth-order valence-corrected chi connectivity index (χ4v) is 12.9. The third-order valence-corrected chi connectivity index (χ3v) is 17.3. The van der Waals surface area contributed by atoms with E-state index in [4.69, 9.17) is 0 Å². The molecule has 18 heteroatoms. The first-order valence-electron chi connectivity index (χ1n) is 24.4. The number of piperidine rings is 3. The molecule has 2 amide bonds. The number of hydrogen-bond acceptors (Lipinski definition) is 9. The van der Waals surface area contributed by atoms with Gasteiger partial charge in [-0.3, -0.25) is 19.1 Å². The number of amides is 2. The molecule has 2 aromatic heterocycles. The zero-order valence-electron chi connectivity index (χ0n) is 38.9. The number of fused-ring (bicyclic) bond motifs is 2. The second-order valence-corrected chi connectivity index (χ2v) is 21.8. The molecule has 0 saturated carbocycles. The first-order chi connectivity index (χ1) is 33.7. The van der Waals surface area contributed by atoms with Crippen molar-refractivity contribution in [2.75, 3.05) is 73.4 Å². The molecule has 0 radical (unpaired) electrons. The van der Waals surface area contributed by atoms with Gasteiger partial charge in [0.25, 0.3) is 5.91 Å². The molecule has 0 bridgehead atoms. The molecule has 1 unspecified atom stereocenters. The summed E-state index contributed by atoms with van der Waals surface area (Å²) in [6, 6.07) is 17.4. The minimum Gasteiger partial charge on any atom is -0.372 e. The van der Waals surface area contributed by atoms with Gasteiger partial charge in [0, 0.05) is 104 Å². The van der Waals surface area contributed by atoms with E-state index in [-0.39, 0.29) is 42.3 Å². The Bertz CT molecular complexity index is 3020. The number of carbonyl (C=O) groups is 3. The number of carbonyl (C=O) groups excluding carboxylic acids is 3. The van der Waals surface area contributed by atoms with E-state index < -0.39 is 51.1 Å². The van der Waals surface area contributed by atoms with Crippen LogP contribution in [0.25, 0.3) is 22.2 Å². The lowest BCUT2D eigenvalue weighted by atomic mass is 9.77. The van der Waals surface area contributed by atoms with Gasteiger partial charge in [-0.15, -0.1) is 0 Å². The normalized spacial score (nSPS) is 22.4. The Labute approximate surface area is 405 Å². The highest BCUT2D eigenvalue weighted by atomic mass is 32.2. The van der Waals surface area contributed by atoms with Crippen LogP contribution in [0, 0.1) is 23.0 Å². The molecular formula is C52H56F3N9O5S. The summed E-state index contributed by atoms with van der Waals surface area (Å²) >= 11 is 0. The molecule has 11 rings (SSSR count). The van der Waals surface area contributed by atoms with E-state index in [1.165, 1.54) is 19.0 Å². The topological polar surface area (TPSA) is 154 Å². The van der Waals surface area contributed by atoms with Crippen LogP contribution >= 0.6 is 0 Å². The molecule has 8 heterocycles. The lowest BCUT2D eigenvalue weighted by molar-refractivity contribution is -0.126. The Kier molecular flexibility index (Phi) is 12.0. The largest absolute Gasteiger partial charge is 0.372 e. The summed E-state index contributed by atoms with van der Waals surface area (Å²) in [6.07, 6.45) is 8.68. The van der Waals surface area contributed by atoms with E-state index in [1.54, 1.807) is 17.2 Å². The maximum Gasteiger partial charge on any atom is 0.301 e. The SMILES string of the molecule is C=C1CCC(N2Cc3cc(N4CCC(CN5CCC6(CC5)CCN(c5ccc(-c7cnc8[nH]cc(C(=O)c9c(F)ccc(NS(=O)(=O)N%10CC[C@@H](F)C%10)c9F)c8c7)cc5)C6)CC4)ccc3C2=O)C(=O)N1. The van der Waals surface area contributed by atoms with Crippen LogP contribution in [-0.4, -0.2) is 121 Å². The average molecular weight is 976 g/mol. The monoisotopic (exact) mass is 975 g/mol. The van der Waals surface area contributed by atoms with Crippen LogP contribution in [0.15, 0.2) is 85.3 Å². The third kappa shape index (κ3) is 8.71. The van der Waals surface area contributed by atoms with Crippen molar-refractivity contribution in [2.24, 2.45) is 11.3 Å². The predicted molar refractivity (Wildman–Crippen MR) is 261 cm³/mol. The Balaban J connectivity index is 0.676. The first kappa shape index (κ1) is 46.2. The molecule has 6 aliphatic rings. The third-order valence-electron chi connectivity index (χ3n) is 15.8.